The smallest absolute Gasteiger partial charge is 0.401 e. The van der Waals surface area contributed by atoms with Crippen LogP contribution >= 0.6 is 0 Å². The van der Waals surface area contributed by atoms with Crippen LogP contribution in [-0.2, 0) is 16.8 Å². The van der Waals surface area contributed by atoms with Gasteiger partial charge in [0, 0.05) is 36.9 Å². The van der Waals surface area contributed by atoms with Crippen LogP contribution in [0, 0.1) is 13.8 Å². The van der Waals surface area contributed by atoms with Gasteiger partial charge < -0.3 is 21.3 Å². The molecule has 0 saturated carbocycles. The molecule has 6 rings (SSSR count). The number of aryl methyl sites for hydroxylation is 2. The van der Waals surface area contributed by atoms with Crippen LogP contribution in [-0.4, -0.2) is 80.4 Å². The van der Waals surface area contributed by atoms with Crippen LogP contribution in [0.1, 0.15) is 68.5 Å². The van der Waals surface area contributed by atoms with E-state index in [0.29, 0.717) is 17.8 Å². The van der Waals surface area contributed by atoms with E-state index in [1.165, 1.54) is 19.1 Å². The third-order valence-corrected chi connectivity index (χ3v) is 10.1. The minimum absolute atomic E-state index is 0.0822. The minimum Gasteiger partial charge on any atom is -0.404 e. The number of H-pyrrole nitrogens is 1. The number of carbonyl (C=O) groups is 1. The molecule has 266 valence electrons. The second kappa shape index (κ2) is 14.4. The van der Waals surface area contributed by atoms with Gasteiger partial charge >= 0.3 is 6.18 Å². The van der Waals surface area contributed by atoms with Crippen molar-refractivity contribution < 1.29 is 18.0 Å². The molecule has 5 N–H and O–H groups in total. The maximum atomic E-state index is 13.3. The lowest BCUT2D eigenvalue weighted by atomic mass is 9.92. The SMILES string of the molecule is Cc1cc(-c2ccc3c(c2)c(C)nn3C2CCN(C3CCNCC3)CC2)ccc1N=C/C(=C\N)C(=O)NCc1nc(C(C)(C)C(F)(F)F)n[nH]1. The van der Waals surface area contributed by atoms with Crippen molar-refractivity contribution in [2.45, 2.75) is 83.6 Å². The number of hydrogen-bond acceptors (Lipinski definition) is 8. The number of aromatic nitrogens is 5. The molecule has 0 bridgehead atoms. The Kier molecular flexibility index (Phi) is 10.1. The summed E-state index contributed by atoms with van der Waals surface area (Å²) in [5.74, 6) is -0.886. The lowest BCUT2D eigenvalue weighted by molar-refractivity contribution is -0.182. The van der Waals surface area contributed by atoms with Gasteiger partial charge in [-0.3, -0.25) is 19.6 Å². The summed E-state index contributed by atoms with van der Waals surface area (Å²) >= 11 is 0. The Morgan fingerprint density at radius 2 is 1.74 bits per heavy atom. The Bertz CT molecular complexity index is 1890. The van der Waals surface area contributed by atoms with E-state index >= 15 is 0 Å². The van der Waals surface area contributed by atoms with Gasteiger partial charge in [-0.1, -0.05) is 12.1 Å². The molecular formula is C36H45F3N10O. The van der Waals surface area contributed by atoms with Gasteiger partial charge in [0.1, 0.15) is 11.2 Å². The molecule has 4 heterocycles. The van der Waals surface area contributed by atoms with Crippen LogP contribution in [0.3, 0.4) is 0 Å². The summed E-state index contributed by atoms with van der Waals surface area (Å²) in [7, 11) is 0. The topological polar surface area (TPSA) is 142 Å². The molecule has 1 amide bonds. The number of rotatable bonds is 9. The van der Waals surface area contributed by atoms with Crippen LogP contribution < -0.4 is 16.4 Å². The van der Waals surface area contributed by atoms with Gasteiger partial charge in [0.2, 0.25) is 0 Å². The monoisotopic (exact) mass is 690 g/mol. The molecule has 0 radical (unpaired) electrons. The molecule has 0 spiro atoms. The van der Waals surface area contributed by atoms with Crippen molar-refractivity contribution in [2.24, 2.45) is 10.7 Å². The molecule has 0 aliphatic carbocycles. The number of piperidine rings is 2. The predicted molar refractivity (Wildman–Crippen MR) is 188 cm³/mol. The molecular weight excluding hydrogens is 645 g/mol. The van der Waals surface area contributed by atoms with Gasteiger partial charge in [0.05, 0.1) is 35.1 Å². The van der Waals surface area contributed by atoms with E-state index in [4.69, 9.17) is 10.8 Å². The second-order valence-corrected chi connectivity index (χ2v) is 13.8. The third-order valence-electron chi connectivity index (χ3n) is 10.1. The molecule has 0 atom stereocenters. The number of nitrogens with two attached hydrogens (primary N) is 1. The van der Waals surface area contributed by atoms with E-state index in [1.54, 1.807) is 0 Å². The fourth-order valence-electron chi connectivity index (χ4n) is 6.76. The molecule has 4 aromatic rings. The average molecular weight is 691 g/mol. The molecule has 0 unspecified atom stereocenters. The van der Waals surface area contributed by atoms with Gasteiger partial charge in [0.25, 0.3) is 5.91 Å². The first-order valence-electron chi connectivity index (χ1n) is 17.1. The Morgan fingerprint density at radius 3 is 2.42 bits per heavy atom. The summed E-state index contributed by atoms with van der Waals surface area (Å²) in [5, 5.41) is 18.4. The summed E-state index contributed by atoms with van der Waals surface area (Å²) in [6.45, 7) is 10.3. The van der Waals surface area contributed by atoms with E-state index in [9.17, 15) is 18.0 Å². The summed E-state index contributed by atoms with van der Waals surface area (Å²) in [5.41, 5.74) is 9.43. The number of nitrogens with zero attached hydrogens (tertiary/aromatic N) is 6. The molecule has 2 aromatic carbocycles. The molecule has 50 heavy (non-hydrogen) atoms. The standard InChI is InChI=1S/C36H45F3N10O/c1-22-17-24(5-7-30(22)42-20-26(19-40)33(50)43-21-32-44-34(46-45-32)35(3,4)36(37,38)39)25-6-8-31-29(18-25)23(2)47-49(31)28-11-15-48(16-12-28)27-9-13-41-14-10-27/h5-8,17-20,27-28,41H,9-16,21,40H2,1-4H3,(H,43,50)(H,44,45,46)/b26-19+,42-20?. The maximum Gasteiger partial charge on any atom is 0.401 e. The van der Waals surface area contributed by atoms with E-state index in [1.807, 2.05) is 19.1 Å². The highest BCUT2D eigenvalue weighted by atomic mass is 19.4. The number of hydrogen-bond donors (Lipinski definition) is 4. The van der Waals surface area contributed by atoms with Gasteiger partial charge in [-0.2, -0.15) is 23.4 Å². The maximum absolute atomic E-state index is 13.3. The number of alkyl halides is 3. The number of halogens is 3. The fraction of sp³-hybridized carbons (Fsp3) is 0.472. The zero-order chi connectivity index (χ0) is 35.6. The Morgan fingerprint density at radius 1 is 1.04 bits per heavy atom. The molecule has 14 heteroatoms. The third kappa shape index (κ3) is 7.31. The van der Waals surface area contributed by atoms with Crippen molar-refractivity contribution in [3.05, 3.63) is 71.1 Å². The molecule has 2 aliphatic heterocycles. The largest absolute Gasteiger partial charge is 0.404 e. The quantitative estimate of drug-likeness (QED) is 0.134. The van der Waals surface area contributed by atoms with Crippen LogP contribution in [0.25, 0.3) is 22.0 Å². The number of likely N-dealkylation sites (tertiary alicyclic amines) is 1. The van der Waals surface area contributed by atoms with E-state index in [-0.39, 0.29) is 17.9 Å². The second-order valence-electron chi connectivity index (χ2n) is 13.8. The van der Waals surface area contributed by atoms with Crippen LogP contribution in [0.15, 0.2) is 53.2 Å². The predicted octanol–water partition coefficient (Wildman–Crippen LogP) is 5.53. The number of carbonyl (C=O) groups excluding carboxylic acids is 1. The number of benzene rings is 2. The molecule has 2 fully saturated rings. The lowest BCUT2D eigenvalue weighted by Gasteiger charge is -2.39. The zero-order valence-electron chi connectivity index (χ0n) is 28.9. The van der Waals surface area contributed by atoms with Crippen molar-refractivity contribution in [3.63, 3.8) is 0 Å². The Balaban J connectivity index is 1.09. The van der Waals surface area contributed by atoms with Crippen molar-refractivity contribution in [1.29, 1.82) is 0 Å². The van der Waals surface area contributed by atoms with Gasteiger partial charge in [-0.25, -0.2) is 4.98 Å². The zero-order valence-corrected chi connectivity index (χ0v) is 28.9. The van der Waals surface area contributed by atoms with E-state index in [2.05, 4.69) is 71.6 Å². The minimum atomic E-state index is -4.53. The van der Waals surface area contributed by atoms with Crippen LogP contribution in [0.2, 0.25) is 0 Å². The lowest BCUT2D eigenvalue weighted by Crippen LogP contribution is -2.46. The van der Waals surface area contributed by atoms with Crippen molar-refractivity contribution >= 4 is 28.7 Å². The summed E-state index contributed by atoms with van der Waals surface area (Å²) in [6.07, 6.45) is 2.64. The fourth-order valence-corrected chi connectivity index (χ4v) is 6.76. The highest BCUT2D eigenvalue weighted by Gasteiger charge is 2.51. The van der Waals surface area contributed by atoms with Gasteiger partial charge in [-0.15, -0.1) is 0 Å². The summed E-state index contributed by atoms with van der Waals surface area (Å²) in [4.78, 5) is 23.8. The first-order chi connectivity index (χ1) is 23.9. The molecule has 2 aromatic heterocycles. The molecule has 2 aliphatic rings. The summed E-state index contributed by atoms with van der Waals surface area (Å²) < 4.78 is 42.2. The van der Waals surface area contributed by atoms with Crippen molar-refractivity contribution in [2.75, 3.05) is 26.2 Å². The first kappa shape index (κ1) is 35.3. The Labute approximate surface area is 289 Å². The molecule has 11 nitrogen and oxygen atoms in total. The first-order valence-corrected chi connectivity index (χ1v) is 17.1. The van der Waals surface area contributed by atoms with Gasteiger partial charge in [0.15, 0.2) is 5.82 Å². The summed E-state index contributed by atoms with van der Waals surface area (Å²) in [6, 6.07) is 13.6. The Hall–Kier alpha value is -4.56. The van der Waals surface area contributed by atoms with E-state index < -0.39 is 23.3 Å². The molecule has 2 saturated heterocycles. The highest BCUT2D eigenvalue weighted by Crippen LogP contribution is 2.38. The number of fused-ring (bicyclic) bond motifs is 1. The van der Waals surface area contributed by atoms with Crippen molar-refractivity contribution in [1.82, 2.24) is 40.5 Å². The number of nitrogens with one attached hydrogen (secondary N) is 3. The number of aromatic amines is 1. The number of amides is 1. The van der Waals surface area contributed by atoms with Crippen molar-refractivity contribution in [3.8, 4) is 11.1 Å². The normalized spacial score (nSPS) is 17.6. The van der Waals surface area contributed by atoms with Crippen LogP contribution in [0.4, 0.5) is 18.9 Å². The van der Waals surface area contributed by atoms with E-state index in [0.717, 1.165) is 92.4 Å². The highest BCUT2D eigenvalue weighted by molar-refractivity contribution is 6.12. The number of aliphatic imine (C=N–C) groups is 1. The average Bonchev–Trinajstić information content (AvgIpc) is 3.73. The van der Waals surface area contributed by atoms with Gasteiger partial charge in [-0.05, 0) is 107 Å². The van der Waals surface area contributed by atoms with Crippen LogP contribution in [0.5, 0.6) is 0 Å².